The highest BCUT2D eigenvalue weighted by Gasteiger charge is 2.47. The van der Waals surface area contributed by atoms with Gasteiger partial charge < -0.3 is 10.1 Å². The van der Waals surface area contributed by atoms with Crippen LogP contribution in [-0.4, -0.2) is 37.0 Å². The Kier molecular flexibility index (Phi) is 3.14. The van der Waals surface area contributed by atoms with Crippen LogP contribution in [0.15, 0.2) is 24.3 Å². The summed E-state index contributed by atoms with van der Waals surface area (Å²) in [5, 5.41) is 3.21. The predicted octanol–water partition coefficient (Wildman–Crippen LogP) is 1.97. The molecule has 1 amide bonds. The highest BCUT2D eigenvalue weighted by molar-refractivity contribution is 5.80. The van der Waals surface area contributed by atoms with Gasteiger partial charge in [-0.2, -0.15) is 0 Å². The Morgan fingerprint density at radius 3 is 2.90 bits per heavy atom. The van der Waals surface area contributed by atoms with Crippen LogP contribution in [0.25, 0.3) is 0 Å². The number of ether oxygens (including phenoxy) is 1. The predicted molar refractivity (Wildman–Crippen MR) is 80.1 cm³/mol. The highest BCUT2D eigenvalue weighted by Crippen LogP contribution is 2.46. The van der Waals surface area contributed by atoms with Gasteiger partial charge in [-0.15, -0.1) is 0 Å². The number of likely N-dealkylation sites (tertiary alicyclic amines) is 1. The number of amides is 1. The first-order valence-electron chi connectivity index (χ1n) is 7.96. The number of rotatable bonds is 2. The minimum Gasteiger partial charge on any atom is -0.493 e. The van der Waals surface area contributed by atoms with Crippen molar-refractivity contribution in [3.63, 3.8) is 0 Å². The van der Waals surface area contributed by atoms with Crippen LogP contribution in [0.5, 0.6) is 5.75 Å². The van der Waals surface area contributed by atoms with E-state index in [4.69, 9.17) is 4.74 Å². The van der Waals surface area contributed by atoms with Crippen molar-refractivity contribution < 1.29 is 9.53 Å². The van der Waals surface area contributed by atoms with E-state index in [1.807, 2.05) is 12.1 Å². The largest absolute Gasteiger partial charge is 0.493 e. The molecule has 4 rings (SSSR count). The molecular weight excluding hydrogens is 264 g/mol. The summed E-state index contributed by atoms with van der Waals surface area (Å²) in [5.74, 6) is 1.52. The first-order chi connectivity index (χ1) is 10.2. The van der Waals surface area contributed by atoms with Gasteiger partial charge >= 0.3 is 0 Å². The molecule has 0 unspecified atom stereocenters. The lowest BCUT2D eigenvalue weighted by molar-refractivity contribution is -0.127. The third kappa shape index (κ3) is 2.13. The zero-order valence-corrected chi connectivity index (χ0v) is 12.4. The minimum absolute atomic E-state index is 0.0500. The maximum absolute atomic E-state index is 12.6. The second-order valence-electron chi connectivity index (χ2n) is 6.64. The SMILES string of the molecule is CN1C[C@@H](C(=O)NC2CCC2)[C@@H]2COc3ccccc3[C@@H]21. The van der Waals surface area contributed by atoms with E-state index in [0.29, 0.717) is 18.7 Å². The molecule has 0 radical (unpaired) electrons. The summed E-state index contributed by atoms with van der Waals surface area (Å²) in [6, 6.07) is 8.95. The van der Waals surface area contributed by atoms with Crippen LogP contribution in [0.4, 0.5) is 0 Å². The van der Waals surface area contributed by atoms with Crippen LogP contribution >= 0.6 is 0 Å². The zero-order chi connectivity index (χ0) is 14.4. The Morgan fingerprint density at radius 2 is 2.14 bits per heavy atom. The van der Waals surface area contributed by atoms with Gasteiger partial charge in [-0.05, 0) is 32.4 Å². The number of fused-ring (bicyclic) bond motifs is 3. The second-order valence-corrected chi connectivity index (χ2v) is 6.64. The Morgan fingerprint density at radius 1 is 1.33 bits per heavy atom. The van der Waals surface area contributed by atoms with Crippen LogP contribution in [0.3, 0.4) is 0 Å². The second kappa shape index (κ2) is 5.02. The van der Waals surface area contributed by atoms with E-state index >= 15 is 0 Å². The summed E-state index contributed by atoms with van der Waals surface area (Å²) in [5.41, 5.74) is 1.23. The van der Waals surface area contributed by atoms with Gasteiger partial charge in [-0.3, -0.25) is 9.69 Å². The van der Waals surface area contributed by atoms with Gasteiger partial charge in [0.15, 0.2) is 0 Å². The molecule has 2 aliphatic heterocycles. The molecule has 0 aromatic heterocycles. The van der Waals surface area contributed by atoms with Crippen molar-refractivity contribution >= 4 is 5.91 Å². The number of hydrogen-bond acceptors (Lipinski definition) is 3. The number of nitrogens with zero attached hydrogens (tertiary/aromatic N) is 1. The molecule has 2 heterocycles. The number of nitrogens with one attached hydrogen (secondary N) is 1. The lowest BCUT2D eigenvalue weighted by Gasteiger charge is -2.33. The van der Waals surface area contributed by atoms with Crippen molar-refractivity contribution in [3.8, 4) is 5.75 Å². The van der Waals surface area contributed by atoms with Crippen molar-refractivity contribution in [2.24, 2.45) is 11.8 Å². The standard InChI is InChI=1S/C17H22N2O2/c1-19-9-13(17(20)18-11-5-4-6-11)14-10-21-15-8-3-2-7-12(15)16(14)19/h2-3,7-8,11,13-14,16H,4-6,9-10H2,1H3,(H,18,20)/t13-,14+,16+/m1/s1. The Labute approximate surface area is 125 Å². The summed E-state index contributed by atoms with van der Waals surface area (Å²) in [7, 11) is 2.12. The molecule has 0 spiro atoms. The Hall–Kier alpha value is -1.55. The van der Waals surface area contributed by atoms with Gasteiger partial charge in [-0.25, -0.2) is 0 Å². The van der Waals surface area contributed by atoms with Crippen LogP contribution in [0.1, 0.15) is 30.9 Å². The molecular formula is C17H22N2O2. The van der Waals surface area contributed by atoms with E-state index in [1.54, 1.807) is 0 Å². The Bertz CT molecular complexity index is 555. The maximum atomic E-state index is 12.6. The van der Waals surface area contributed by atoms with Gasteiger partial charge in [0.2, 0.25) is 5.91 Å². The van der Waals surface area contributed by atoms with E-state index in [9.17, 15) is 4.79 Å². The number of carbonyl (C=O) groups is 1. The fourth-order valence-electron chi connectivity index (χ4n) is 3.96. The van der Waals surface area contributed by atoms with Gasteiger partial charge in [0.05, 0.1) is 12.5 Å². The number of hydrogen-bond donors (Lipinski definition) is 1. The summed E-state index contributed by atoms with van der Waals surface area (Å²) in [6.07, 6.45) is 3.53. The van der Waals surface area contributed by atoms with Gasteiger partial charge in [0.25, 0.3) is 0 Å². The number of benzene rings is 1. The molecule has 21 heavy (non-hydrogen) atoms. The van der Waals surface area contributed by atoms with Crippen LogP contribution in [0, 0.1) is 11.8 Å². The number of para-hydroxylation sites is 1. The molecule has 1 aliphatic carbocycles. The molecule has 1 saturated carbocycles. The normalized spacial score (nSPS) is 31.8. The van der Waals surface area contributed by atoms with Gasteiger partial charge in [-0.1, -0.05) is 18.2 Å². The maximum Gasteiger partial charge on any atom is 0.225 e. The van der Waals surface area contributed by atoms with Crippen molar-refractivity contribution in [1.82, 2.24) is 10.2 Å². The van der Waals surface area contributed by atoms with E-state index < -0.39 is 0 Å². The van der Waals surface area contributed by atoms with Crippen molar-refractivity contribution in [2.45, 2.75) is 31.3 Å². The van der Waals surface area contributed by atoms with Crippen molar-refractivity contribution in [1.29, 1.82) is 0 Å². The average Bonchev–Trinajstić information content (AvgIpc) is 2.80. The van der Waals surface area contributed by atoms with E-state index in [2.05, 4.69) is 29.4 Å². The molecule has 3 aliphatic rings. The average molecular weight is 286 g/mol. The molecule has 1 aromatic rings. The molecule has 4 nitrogen and oxygen atoms in total. The van der Waals surface area contributed by atoms with E-state index in [0.717, 1.165) is 25.1 Å². The van der Waals surface area contributed by atoms with Crippen LogP contribution in [-0.2, 0) is 4.79 Å². The first kappa shape index (κ1) is 13.1. The summed E-state index contributed by atoms with van der Waals surface area (Å²) in [6.45, 7) is 1.47. The molecule has 112 valence electrons. The fraction of sp³-hybridized carbons (Fsp3) is 0.588. The molecule has 1 saturated heterocycles. The number of carbonyl (C=O) groups excluding carboxylic acids is 1. The fourth-order valence-corrected chi connectivity index (χ4v) is 3.96. The molecule has 1 aromatic carbocycles. The summed E-state index contributed by atoms with van der Waals surface area (Å²) >= 11 is 0. The lowest BCUT2D eigenvalue weighted by atomic mass is 9.84. The molecule has 1 N–H and O–H groups in total. The first-order valence-corrected chi connectivity index (χ1v) is 7.96. The van der Waals surface area contributed by atoms with Crippen LogP contribution < -0.4 is 10.1 Å². The highest BCUT2D eigenvalue weighted by atomic mass is 16.5. The lowest BCUT2D eigenvalue weighted by Crippen LogP contribution is -2.45. The monoisotopic (exact) mass is 286 g/mol. The van der Waals surface area contributed by atoms with Gasteiger partial charge in [0.1, 0.15) is 5.75 Å². The smallest absolute Gasteiger partial charge is 0.225 e. The Balaban J connectivity index is 1.56. The molecule has 4 heteroatoms. The van der Waals surface area contributed by atoms with Crippen molar-refractivity contribution in [2.75, 3.05) is 20.2 Å². The van der Waals surface area contributed by atoms with Crippen LogP contribution in [0.2, 0.25) is 0 Å². The quantitative estimate of drug-likeness (QED) is 0.903. The molecule has 0 bridgehead atoms. The molecule has 3 atom stereocenters. The van der Waals surface area contributed by atoms with Crippen molar-refractivity contribution in [3.05, 3.63) is 29.8 Å². The topological polar surface area (TPSA) is 41.6 Å². The zero-order valence-electron chi connectivity index (χ0n) is 12.4. The minimum atomic E-state index is 0.0500. The third-order valence-corrected chi connectivity index (χ3v) is 5.34. The third-order valence-electron chi connectivity index (χ3n) is 5.34. The molecule has 2 fully saturated rings. The summed E-state index contributed by atoms with van der Waals surface area (Å²) in [4.78, 5) is 14.9. The summed E-state index contributed by atoms with van der Waals surface area (Å²) < 4.78 is 5.90. The van der Waals surface area contributed by atoms with E-state index in [1.165, 1.54) is 12.0 Å². The van der Waals surface area contributed by atoms with E-state index in [-0.39, 0.29) is 17.7 Å². The van der Waals surface area contributed by atoms with Gasteiger partial charge in [0, 0.05) is 30.1 Å².